The Bertz CT molecular complexity index is 1160. The number of piperazine rings is 1. The lowest BCUT2D eigenvalue weighted by Gasteiger charge is -2.37. The number of aromatic nitrogens is 1. The zero-order valence-corrected chi connectivity index (χ0v) is 21.4. The maximum atomic E-state index is 12.8. The first-order chi connectivity index (χ1) is 16.0. The van der Waals surface area contributed by atoms with Crippen molar-refractivity contribution in [1.29, 1.82) is 0 Å². The minimum Gasteiger partial charge on any atom is -0.495 e. The Morgan fingerprint density at radius 1 is 1.03 bits per heavy atom. The third kappa shape index (κ3) is 5.45. The van der Waals surface area contributed by atoms with E-state index in [0.717, 1.165) is 68.5 Å². The molecule has 1 aromatic heterocycles. The van der Waals surface area contributed by atoms with E-state index in [-0.39, 0.29) is 5.43 Å². The summed E-state index contributed by atoms with van der Waals surface area (Å²) in [5.41, 5.74) is 4.37. The fourth-order valence-corrected chi connectivity index (χ4v) is 5.12. The Balaban J connectivity index is 1.53. The zero-order valence-electron chi connectivity index (χ0n) is 19.1. The first-order valence-corrected chi connectivity index (χ1v) is 12.4. The van der Waals surface area contributed by atoms with Crippen LogP contribution in [0.4, 0.5) is 5.69 Å². The lowest BCUT2D eigenvalue weighted by atomic mass is 10.1. The average Bonchev–Trinajstić information content (AvgIpc) is 2.83. The maximum absolute atomic E-state index is 12.8. The van der Waals surface area contributed by atoms with Crippen LogP contribution >= 0.6 is 27.5 Å². The quantitative estimate of drug-likeness (QED) is 0.421. The summed E-state index contributed by atoms with van der Waals surface area (Å²) < 4.78 is 8.49. The van der Waals surface area contributed by atoms with E-state index in [9.17, 15) is 4.79 Å². The van der Waals surface area contributed by atoms with Crippen LogP contribution in [-0.2, 0) is 19.5 Å². The highest BCUT2D eigenvalue weighted by atomic mass is 79.9. The fourth-order valence-electron chi connectivity index (χ4n) is 4.50. The molecule has 0 N–H and O–H groups in total. The van der Waals surface area contributed by atoms with Crippen LogP contribution in [0.3, 0.4) is 0 Å². The molecule has 1 aliphatic heterocycles. The molecule has 0 radical (unpaired) electrons. The Morgan fingerprint density at radius 2 is 1.76 bits per heavy atom. The van der Waals surface area contributed by atoms with Crippen molar-refractivity contribution in [1.82, 2.24) is 9.47 Å². The van der Waals surface area contributed by atoms with Crippen molar-refractivity contribution in [3.8, 4) is 5.75 Å². The first-order valence-electron chi connectivity index (χ1n) is 11.3. The van der Waals surface area contributed by atoms with Crippen LogP contribution in [0.2, 0.25) is 5.02 Å². The van der Waals surface area contributed by atoms with Crippen molar-refractivity contribution in [2.75, 3.05) is 38.2 Å². The van der Waals surface area contributed by atoms with Gasteiger partial charge in [-0.05, 0) is 46.6 Å². The van der Waals surface area contributed by atoms with Crippen molar-refractivity contribution in [3.63, 3.8) is 0 Å². The molecule has 1 saturated heterocycles. The van der Waals surface area contributed by atoms with E-state index in [1.807, 2.05) is 36.4 Å². The van der Waals surface area contributed by atoms with E-state index in [2.05, 4.69) is 49.4 Å². The van der Waals surface area contributed by atoms with Gasteiger partial charge in [0, 0.05) is 62.5 Å². The number of methoxy groups -OCH3 is 1. The molecule has 2 aromatic carbocycles. The predicted octanol–water partition coefficient (Wildman–Crippen LogP) is 5.21. The molecule has 0 aliphatic carbocycles. The molecule has 0 bridgehead atoms. The molecule has 0 unspecified atom stereocenters. The number of pyridine rings is 1. The highest BCUT2D eigenvalue weighted by Crippen LogP contribution is 2.32. The number of ether oxygens (including phenoxy) is 1. The van der Waals surface area contributed by atoms with Crippen LogP contribution in [0.5, 0.6) is 5.75 Å². The van der Waals surface area contributed by atoms with Gasteiger partial charge in [0.15, 0.2) is 5.43 Å². The molecule has 5 nitrogen and oxygen atoms in total. The van der Waals surface area contributed by atoms with Gasteiger partial charge in [0.2, 0.25) is 0 Å². The second-order valence-electron chi connectivity index (χ2n) is 8.25. The van der Waals surface area contributed by atoms with Gasteiger partial charge in [-0.3, -0.25) is 9.69 Å². The normalized spacial score (nSPS) is 14.5. The fraction of sp³-hybridized carbons (Fsp3) is 0.346. The summed E-state index contributed by atoms with van der Waals surface area (Å²) in [6, 6.07) is 17.8. The molecule has 1 fully saturated rings. The molecule has 0 atom stereocenters. The smallest absolute Gasteiger partial charge is 0.196 e. The van der Waals surface area contributed by atoms with Crippen molar-refractivity contribution >= 4 is 33.2 Å². The monoisotopic (exact) mass is 529 g/mol. The van der Waals surface area contributed by atoms with Gasteiger partial charge in [-0.15, -0.1) is 0 Å². The standard InChI is InChI=1S/C26H29BrClN3O2/c1-3-31-21(15-19-7-5-4-6-8-19)17-24(32)26(27)23(31)18-29-11-13-30(14-12-29)22-16-20(28)9-10-25(22)33-2/h4-10,16-17H,3,11-15,18H2,1-2H3. The van der Waals surface area contributed by atoms with Crippen LogP contribution in [0, 0.1) is 0 Å². The minimum atomic E-state index is 0.0444. The van der Waals surface area contributed by atoms with Gasteiger partial charge >= 0.3 is 0 Å². The molecule has 0 amide bonds. The molecular weight excluding hydrogens is 502 g/mol. The summed E-state index contributed by atoms with van der Waals surface area (Å²) in [7, 11) is 1.69. The summed E-state index contributed by atoms with van der Waals surface area (Å²) in [5, 5.41) is 0.708. The highest BCUT2D eigenvalue weighted by molar-refractivity contribution is 9.10. The van der Waals surface area contributed by atoms with E-state index < -0.39 is 0 Å². The van der Waals surface area contributed by atoms with Gasteiger partial charge in [0.25, 0.3) is 0 Å². The summed E-state index contributed by atoms with van der Waals surface area (Å²) in [6.45, 7) is 7.20. The van der Waals surface area contributed by atoms with E-state index in [4.69, 9.17) is 16.3 Å². The van der Waals surface area contributed by atoms with E-state index in [1.165, 1.54) is 5.56 Å². The van der Waals surface area contributed by atoms with E-state index in [0.29, 0.717) is 9.50 Å². The number of benzene rings is 2. The Labute approximate surface area is 208 Å². The molecule has 174 valence electrons. The predicted molar refractivity (Wildman–Crippen MR) is 139 cm³/mol. The number of halogens is 2. The average molecular weight is 531 g/mol. The lowest BCUT2D eigenvalue weighted by molar-refractivity contribution is 0.241. The van der Waals surface area contributed by atoms with Crippen LogP contribution in [0.15, 0.2) is 63.9 Å². The van der Waals surface area contributed by atoms with Crippen molar-refractivity contribution < 1.29 is 4.74 Å². The second-order valence-corrected chi connectivity index (χ2v) is 9.48. The summed E-state index contributed by atoms with van der Waals surface area (Å²) >= 11 is 9.83. The number of hydrogen-bond donors (Lipinski definition) is 0. The molecule has 33 heavy (non-hydrogen) atoms. The van der Waals surface area contributed by atoms with Crippen molar-refractivity contribution in [3.05, 3.63) is 91.3 Å². The van der Waals surface area contributed by atoms with E-state index >= 15 is 0 Å². The van der Waals surface area contributed by atoms with Crippen LogP contribution in [-0.4, -0.2) is 42.8 Å². The topological polar surface area (TPSA) is 37.7 Å². The van der Waals surface area contributed by atoms with Crippen LogP contribution in [0.25, 0.3) is 0 Å². The molecule has 3 aromatic rings. The first kappa shape index (κ1) is 23.9. The van der Waals surface area contributed by atoms with E-state index in [1.54, 1.807) is 13.2 Å². The third-order valence-electron chi connectivity index (χ3n) is 6.21. The lowest BCUT2D eigenvalue weighted by Crippen LogP contribution is -2.46. The van der Waals surface area contributed by atoms with Crippen molar-refractivity contribution in [2.24, 2.45) is 0 Å². The number of nitrogens with zero attached hydrogens (tertiary/aromatic N) is 3. The SMILES string of the molecule is CCn1c(Cc2ccccc2)cc(=O)c(Br)c1CN1CCN(c2cc(Cl)ccc2OC)CC1. The Kier molecular flexibility index (Phi) is 7.78. The molecular formula is C26H29BrClN3O2. The number of hydrogen-bond acceptors (Lipinski definition) is 4. The summed E-state index contributed by atoms with van der Waals surface area (Å²) in [6.07, 6.45) is 0.743. The van der Waals surface area contributed by atoms with Gasteiger partial charge in [0.05, 0.1) is 23.0 Å². The highest BCUT2D eigenvalue weighted by Gasteiger charge is 2.23. The Hall–Kier alpha value is -2.28. The molecule has 0 spiro atoms. The maximum Gasteiger partial charge on any atom is 0.196 e. The Morgan fingerprint density at radius 3 is 2.42 bits per heavy atom. The van der Waals surface area contributed by atoms with Gasteiger partial charge in [-0.1, -0.05) is 41.9 Å². The van der Waals surface area contributed by atoms with Crippen LogP contribution in [0.1, 0.15) is 23.9 Å². The van der Waals surface area contributed by atoms with Gasteiger partial charge in [0.1, 0.15) is 5.75 Å². The summed E-state index contributed by atoms with van der Waals surface area (Å²) in [5.74, 6) is 0.837. The molecule has 4 rings (SSSR count). The minimum absolute atomic E-state index is 0.0444. The van der Waals surface area contributed by atoms with Crippen molar-refractivity contribution in [2.45, 2.75) is 26.4 Å². The van der Waals surface area contributed by atoms with Gasteiger partial charge in [-0.25, -0.2) is 0 Å². The van der Waals surface area contributed by atoms with Gasteiger partial charge in [-0.2, -0.15) is 0 Å². The summed E-state index contributed by atoms with van der Waals surface area (Å²) in [4.78, 5) is 17.5. The molecule has 7 heteroatoms. The second kappa shape index (κ2) is 10.8. The largest absolute Gasteiger partial charge is 0.495 e. The molecule has 1 aliphatic rings. The molecule has 2 heterocycles. The zero-order chi connectivity index (χ0) is 23.4. The number of anilines is 1. The van der Waals surface area contributed by atoms with Gasteiger partial charge < -0.3 is 14.2 Å². The third-order valence-corrected chi connectivity index (χ3v) is 7.30. The number of rotatable bonds is 7. The van der Waals surface area contributed by atoms with Crippen LogP contribution < -0.4 is 15.1 Å². The molecule has 0 saturated carbocycles.